The number of rotatable bonds is 5. The smallest absolute Gasteiger partial charge is 0.384 e. The molecule has 0 amide bonds. The maximum absolute atomic E-state index is 11.7. The Morgan fingerprint density at radius 2 is 1.92 bits per heavy atom. The number of aromatic nitrogens is 7. The maximum atomic E-state index is 11.7. The van der Waals surface area contributed by atoms with E-state index >= 15 is 0 Å². The number of fused-ring (bicyclic) bond motifs is 1. The van der Waals surface area contributed by atoms with Crippen LogP contribution in [0.2, 0.25) is 5.02 Å². The Labute approximate surface area is 224 Å². The molecule has 11 nitrogen and oxygen atoms in total. The third-order valence-corrected chi connectivity index (χ3v) is 8.11. The van der Waals surface area contributed by atoms with E-state index in [-0.39, 0.29) is 23.9 Å². The molecule has 0 radical (unpaired) electrons. The number of pyridine rings is 1. The molecule has 12 heteroatoms. The van der Waals surface area contributed by atoms with Gasteiger partial charge in [-0.15, -0.1) is 5.10 Å². The fourth-order valence-corrected chi connectivity index (χ4v) is 5.74. The molecule has 0 spiro atoms. The van der Waals surface area contributed by atoms with Crippen molar-refractivity contribution in [1.29, 1.82) is 0 Å². The van der Waals surface area contributed by atoms with Crippen LogP contribution in [0.25, 0.3) is 34.1 Å². The van der Waals surface area contributed by atoms with Crippen molar-refractivity contribution in [3.8, 4) is 23.0 Å². The van der Waals surface area contributed by atoms with Crippen molar-refractivity contribution < 1.29 is 9.15 Å². The van der Waals surface area contributed by atoms with Crippen LogP contribution in [-0.4, -0.2) is 60.0 Å². The largest absolute Gasteiger partial charge is 0.434 e. The van der Waals surface area contributed by atoms with Gasteiger partial charge in [0.25, 0.3) is 5.89 Å². The van der Waals surface area contributed by atoms with Gasteiger partial charge in [-0.05, 0) is 44.6 Å². The van der Waals surface area contributed by atoms with Crippen LogP contribution >= 0.6 is 11.6 Å². The van der Waals surface area contributed by atoms with E-state index in [1.807, 2.05) is 6.07 Å². The number of nitrogens with zero attached hydrogens (tertiary/aromatic N) is 7. The maximum Gasteiger partial charge on any atom is 0.434 e. The molecule has 5 heterocycles. The van der Waals surface area contributed by atoms with Gasteiger partial charge in [0, 0.05) is 31.0 Å². The molecule has 6 rings (SSSR count). The number of H-pyrrole nitrogens is 1. The number of hydrogen-bond acceptors (Lipinski definition) is 9. The van der Waals surface area contributed by atoms with Crippen LogP contribution in [0.15, 0.2) is 27.7 Å². The fraction of sp³-hybridized carbons (Fsp3) is 0.538. The lowest BCUT2D eigenvalue weighted by Gasteiger charge is -2.39. The van der Waals surface area contributed by atoms with Gasteiger partial charge in [-0.1, -0.05) is 31.4 Å². The zero-order valence-electron chi connectivity index (χ0n) is 21.7. The number of aromatic amines is 1. The highest BCUT2D eigenvalue weighted by Gasteiger charge is 2.32. The first-order chi connectivity index (χ1) is 18.4. The molecular formula is C26H31ClN8O3. The quantitative estimate of drug-likeness (QED) is 0.395. The first-order valence-corrected chi connectivity index (χ1v) is 13.6. The van der Waals surface area contributed by atoms with Gasteiger partial charge in [0.15, 0.2) is 5.65 Å². The van der Waals surface area contributed by atoms with Crippen molar-refractivity contribution in [2.75, 3.05) is 18.1 Å². The highest BCUT2D eigenvalue weighted by molar-refractivity contribution is 6.30. The Morgan fingerprint density at radius 1 is 1.11 bits per heavy atom. The third-order valence-electron chi connectivity index (χ3n) is 7.91. The molecule has 200 valence electrons. The van der Waals surface area contributed by atoms with E-state index in [9.17, 15) is 4.79 Å². The molecule has 1 saturated carbocycles. The number of halogens is 1. The van der Waals surface area contributed by atoms with Gasteiger partial charge in [-0.2, -0.15) is 4.98 Å². The Hall–Kier alpha value is -3.31. The van der Waals surface area contributed by atoms with Crippen LogP contribution in [0.5, 0.6) is 0 Å². The topological polar surface area (TPSA) is 128 Å². The molecule has 1 aliphatic heterocycles. The number of imidazole rings is 1. The molecule has 2 atom stereocenters. The van der Waals surface area contributed by atoms with Gasteiger partial charge in [-0.3, -0.25) is 4.98 Å². The van der Waals surface area contributed by atoms with Gasteiger partial charge in [0.1, 0.15) is 11.2 Å². The molecule has 2 fully saturated rings. The van der Waals surface area contributed by atoms with E-state index in [4.69, 9.17) is 35.7 Å². The van der Waals surface area contributed by atoms with Crippen LogP contribution in [-0.2, 0) is 11.3 Å². The lowest BCUT2D eigenvalue weighted by Crippen LogP contribution is -2.49. The van der Waals surface area contributed by atoms with Crippen molar-refractivity contribution in [3.63, 3.8) is 0 Å². The minimum atomic E-state index is -0.677. The number of ether oxygens (including phenoxy) is 1. The summed E-state index contributed by atoms with van der Waals surface area (Å²) in [4.78, 5) is 32.9. The zero-order chi connectivity index (χ0) is 26.4. The minimum Gasteiger partial charge on any atom is -0.384 e. The van der Waals surface area contributed by atoms with Gasteiger partial charge in [0.05, 0.1) is 23.8 Å². The number of morpholine rings is 1. The number of anilines is 1. The number of nitrogens with one attached hydrogen (secondary N) is 1. The van der Waals surface area contributed by atoms with Crippen LogP contribution in [0, 0.1) is 11.8 Å². The van der Waals surface area contributed by atoms with E-state index in [1.54, 1.807) is 12.4 Å². The van der Waals surface area contributed by atoms with E-state index in [0.717, 1.165) is 36.0 Å². The lowest BCUT2D eigenvalue weighted by atomic mass is 9.83. The predicted octanol–water partition coefficient (Wildman–Crippen LogP) is 4.32. The predicted molar refractivity (Wildman–Crippen MR) is 143 cm³/mol. The molecule has 1 saturated heterocycles. The second-order valence-electron chi connectivity index (χ2n) is 10.5. The van der Waals surface area contributed by atoms with Crippen LogP contribution < -0.4 is 10.7 Å². The molecule has 1 N–H and O–H groups in total. The Kier molecular flexibility index (Phi) is 6.65. The molecule has 1 aliphatic carbocycles. The summed E-state index contributed by atoms with van der Waals surface area (Å²) < 4.78 is 13.4. The first kappa shape index (κ1) is 25.0. The molecule has 0 unspecified atom stereocenters. The van der Waals surface area contributed by atoms with Crippen molar-refractivity contribution in [2.45, 2.75) is 65.1 Å². The van der Waals surface area contributed by atoms with E-state index < -0.39 is 5.76 Å². The highest BCUT2D eigenvalue weighted by Crippen LogP contribution is 2.37. The molecule has 4 aromatic heterocycles. The summed E-state index contributed by atoms with van der Waals surface area (Å²) >= 11 is 6.35. The summed E-state index contributed by atoms with van der Waals surface area (Å²) in [5.41, 5.74) is 2.64. The summed E-state index contributed by atoms with van der Waals surface area (Å²) in [5, 5.41) is 6.73. The Balaban J connectivity index is 1.58. The van der Waals surface area contributed by atoms with Gasteiger partial charge in [-0.25, -0.2) is 19.9 Å². The highest BCUT2D eigenvalue weighted by atomic mass is 35.5. The fourth-order valence-electron chi connectivity index (χ4n) is 5.57. The number of hydrogen-bond donors (Lipinski definition) is 1. The summed E-state index contributed by atoms with van der Waals surface area (Å²) in [6, 6.07) is 1.94. The van der Waals surface area contributed by atoms with Crippen LogP contribution in [0.1, 0.15) is 46.5 Å². The third kappa shape index (κ3) is 4.69. The first-order valence-electron chi connectivity index (χ1n) is 13.2. The standard InChI is InChI=1S/C26H31ClN8O3/c1-14-4-6-17(7-5-14)13-35-21-20(18-10-19(27)12-28-11-18)29-23(24-32-33-26(36)38-24)30-22(21)31-25(35)34-8-9-37-16(3)15(34)2/h10-12,14-17H,4-9,13H2,1-3H3,(H,33,36)/t14?,15-,16-,17?/m1/s1. The van der Waals surface area contributed by atoms with Gasteiger partial charge >= 0.3 is 5.76 Å². The van der Waals surface area contributed by atoms with Crippen LogP contribution in [0.4, 0.5) is 5.95 Å². The summed E-state index contributed by atoms with van der Waals surface area (Å²) in [7, 11) is 0. The monoisotopic (exact) mass is 538 g/mol. The second kappa shape index (κ2) is 10.1. The minimum absolute atomic E-state index is 0.00105. The van der Waals surface area contributed by atoms with Crippen molar-refractivity contribution in [1.82, 2.24) is 34.7 Å². The molecule has 0 bridgehead atoms. The lowest BCUT2D eigenvalue weighted by molar-refractivity contribution is 0.0274. The molecule has 4 aromatic rings. The summed E-state index contributed by atoms with van der Waals surface area (Å²) in [6.07, 6.45) is 8.14. The zero-order valence-corrected chi connectivity index (χ0v) is 22.5. The Morgan fingerprint density at radius 3 is 2.66 bits per heavy atom. The van der Waals surface area contributed by atoms with Gasteiger partial charge < -0.3 is 18.6 Å². The molecule has 38 heavy (non-hydrogen) atoms. The average molecular weight is 539 g/mol. The van der Waals surface area contributed by atoms with Crippen molar-refractivity contribution in [3.05, 3.63) is 34.0 Å². The average Bonchev–Trinajstić information content (AvgIpc) is 3.50. The van der Waals surface area contributed by atoms with E-state index in [1.165, 1.54) is 25.7 Å². The van der Waals surface area contributed by atoms with Crippen LogP contribution in [0.3, 0.4) is 0 Å². The van der Waals surface area contributed by atoms with Crippen molar-refractivity contribution in [2.24, 2.45) is 11.8 Å². The Bertz CT molecular complexity index is 1510. The van der Waals surface area contributed by atoms with E-state index in [2.05, 4.69) is 45.4 Å². The molecule has 2 aliphatic rings. The van der Waals surface area contributed by atoms with Crippen molar-refractivity contribution >= 4 is 28.7 Å². The molecule has 0 aromatic carbocycles. The summed E-state index contributed by atoms with van der Waals surface area (Å²) in [5.74, 6) is 1.60. The second-order valence-corrected chi connectivity index (χ2v) is 11.0. The van der Waals surface area contributed by atoms with E-state index in [0.29, 0.717) is 28.9 Å². The van der Waals surface area contributed by atoms with Gasteiger partial charge in [0.2, 0.25) is 11.8 Å². The molecular weight excluding hydrogens is 508 g/mol. The SMILES string of the molecule is CC1CCC(Cn2c(N3CCO[C@H](C)[C@H]3C)nc3nc(-c4n[nH]c(=O)o4)nc(-c4cncc(Cl)c4)c32)CC1. The normalized spacial score (nSPS) is 24.3. The summed E-state index contributed by atoms with van der Waals surface area (Å²) in [6.45, 7) is 8.73.